The smallest absolute Gasteiger partial charge is 0.335 e. The Morgan fingerprint density at radius 1 is 1.44 bits per heavy atom. The van der Waals surface area contributed by atoms with Gasteiger partial charge in [0.2, 0.25) is 0 Å². The van der Waals surface area contributed by atoms with Crippen molar-refractivity contribution in [1.29, 1.82) is 0 Å². The molecule has 94 valence electrons. The molecule has 3 nitrogen and oxygen atoms in total. The highest BCUT2D eigenvalue weighted by atomic mass is 79.9. The molecule has 1 heterocycles. The zero-order chi connectivity index (χ0) is 13.1. The van der Waals surface area contributed by atoms with Gasteiger partial charge in [-0.25, -0.2) is 4.79 Å². The first-order valence-corrected chi connectivity index (χ1v) is 7.06. The molecule has 1 aromatic carbocycles. The van der Waals surface area contributed by atoms with Crippen molar-refractivity contribution < 1.29 is 9.90 Å². The number of aromatic carboxylic acids is 1. The number of hydrogen-bond acceptors (Lipinski definition) is 3. The van der Waals surface area contributed by atoms with E-state index in [2.05, 4.69) is 27.4 Å². The molecule has 0 bridgehead atoms. The Morgan fingerprint density at radius 3 is 2.83 bits per heavy atom. The Labute approximate surface area is 118 Å². The number of rotatable bonds is 4. The first kappa shape index (κ1) is 13.1. The molecule has 0 saturated heterocycles. The molecule has 0 spiro atoms. The quantitative estimate of drug-likeness (QED) is 0.928. The van der Waals surface area contributed by atoms with Gasteiger partial charge in [0.15, 0.2) is 0 Å². The summed E-state index contributed by atoms with van der Waals surface area (Å²) in [5.74, 6) is -0.915. The highest BCUT2D eigenvalue weighted by Crippen LogP contribution is 2.24. The van der Waals surface area contributed by atoms with Crippen LogP contribution < -0.4 is 4.90 Å². The van der Waals surface area contributed by atoms with Crippen molar-refractivity contribution in [2.75, 3.05) is 11.9 Å². The van der Waals surface area contributed by atoms with Crippen LogP contribution in [0, 0.1) is 0 Å². The van der Waals surface area contributed by atoms with Crippen LogP contribution >= 0.6 is 27.3 Å². The van der Waals surface area contributed by atoms with Crippen LogP contribution in [0.1, 0.15) is 15.9 Å². The van der Waals surface area contributed by atoms with Crippen LogP contribution in [-0.2, 0) is 6.54 Å². The second-order valence-corrected chi connectivity index (χ2v) is 5.69. The minimum Gasteiger partial charge on any atom is -0.478 e. The number of carboxylic acids is 1. The molecule has 0 fully saturated rings. The lowest BCUT2D eigenvalue weighted by Gasteiger charge is -2.19. The maximum absolute atomic E-state index is 11.0. The largest absolute Gasteiger partial charge is 0.478 e. The Kier molecular flexibility index (Phi) is 4.04. The van der Waals surface area contributed by atoms with Gasteiger partial charge in [-0.3, -0.25) is 0 Å². The molecule has 0 aliphatic rings. The maximum Gasteiger partial charge on any atom is 0.335 e. The molecular weight excluding hydrogens is 314 g/mol. The first-order chi connectivity index (χ1) is 8.56. The number of thiophene rings is 1. The molecular formula is C13H12BrNO2S. The van der Waals surface area contributed by atoms with Crippen molar-refractivity contribution in [3.05, 3.63) is 50.6 Å². The average Bonchev–Trinajstić information content (AvgIpc) is 2.80. The van der Waals surface area contributed by atoms with Crippen molar-refractivity contribution >= 4 is 38.9 Å². The van der Waals surface area contributed by atoms with Crippen molar-refractivity contribution in [3.63, 3.8) is 0 Å². The van der Waals surface area contributed by atoms with E-state index in [-0.39, 0.29) is 5.56 Å². The standard InChI is InChI=1S/C13H12BrNO2S/c1-15(7-9-2-3-18-8-9)12-5-10(13(16)17)4-11(14)6-12/h2-6,8H,7H2,1H3,(H,16,17). The molecule has 18 heavy (non-hydrogen) atoms. The predicted octanol–water partition coefficient (Wildman–Crippen LogP) is 3.85. The van der Waals surface area contributed by atoms with Gasteiger partial charge in [-0.1, -0.05) is 15.9 Å². The lowest BCUT2D eigenvalue weighted by atomic mass is 10.2. The van der Waals surface area contributed by atoms with Crippen molar-refractivity contribution in [3.8, 4) is 0 Å². The molecule has 5 heteroatoms. The van der Waals surface area contributed by atoms with E-state index in [9.17, 15) is 4.79 Å². The van der Waals surface area contributed by atoms with Gasteiger partial charge in [0.05, 0.1) is 5.56 Å². The summed E-state index contributed by atoms with van der Waals surface area (Å²) in [6.45, 7) is 0.763. The molecule has 0 aliphatic heterocycles. The van der Waals surface area contributed by atoms with E-state index in [1.165, 1.54) is 5.56 Å². The second kappa shape index (κ2) is 5.54. The summed E-state index contributed by atoms with van der Waals surface area (Å²) >= 11 is 5.00. The van der Waals surface area contributed by atoms with Crippen LogP contribution in [0.2, 0.25) is 0 Å². The van der Waals surface area contributed by atoms with Gasteiger partial charge in [0.1, 0.15) is 0 Å². The number of carboxylic acid groups (broad SMARTS) is 1. The van der Waals surface area contributed by atoms with E-state index < -0.39 is 5.97 Å². The molecule has 0 atom stereocenters. The van der Waals surface area contributed by atoms with Gasteiger partial charge >= 0.3 is 5.97 Å². The van der Waals surface area contributed by atoms with Crippen LogP contribution in [0.4, 0.5) is 5.69 Å². The molecule has 2 aromatic rings. The highest BCUT2D eigenvalue weighted by molar-refractivity contribution is 9.10. The Hall–Kier alpha value is -1.33. The van der Waals surface area contributed by atoms with Crippen molar-refractivity contribution in [1.82, 2.24) is 0 Å². The zero-order valence-corrected chi connectivity index (χ0v) is 12.2. The summed E-state index contributed by atoms with van der Waals surface area (Å²) in [5, 5.41) is 13.2. The molecule has 0 aliphatic carbocycles. The first-order valence-electron chi connectivity index (χ1n) is 5.32. The van der Waals surface area contributed by atoms with Gasteiger partial charge in [-0.05, 0) is 40.6 Å². The van der Waals surface area contributed by atoms with Crippen molar-refractivity contribution in [2.45, 2.75) is 6.54 Å². The second-order valence-electron chi connectivity index (χ2n) is 3.99. The van der Waals surface area contributed by atoms with Gasteiger partial charge in [-0.2, -0.15) is 11.3 Å². The lowest BCUT2D eigenvalue weighted by molar-refractivity contribution is 0.0697. The fourth-order valence-electron chi connectivity index (χ4n) is 1.67. The maximum atomic E-state index is 11.0. The predicted molar refractivity (Wildman–Crippen MR) is 77.5 cm³/mol. The number of halogens is 1. The molecule has 1 aromatic heterocycles. The van der Waals surface area contributed by atoms with Crippen LogP contribution in [0.25, 0.3) is 0 Å². The van der Waals surface area contributed by atoms with E-state index >= 15 is 0 Å². The van der Waals surface area contributed by atoms with Crippen LogP contribution in [-0.4, -0.2) is 18.1 Å². The topological polar surface area (TPSA) is 40.5 Å². The summed E-state index contributed by atoms with van der Waals surface area (Å²) in [4.78, 5) is 13.0. The molecule has 1 N–H and O–H groups in total. The van der Waals surface area contributed by atoms with E-state index in [0.29, 0.717) is 0 Å². The number of benzene rings is 1. The fourth-order valence-corrected chi connectivity index (χ4v) is 2.81. The monoisotopic (exact) mass is 325 g/mol. The lowest BCUT2D eigenvalue weighted by Crippen LogP contribution is -2.16. The van der Waals surface area contributed by atoms with Crippen LogP contribution in [0.5, 0.6) is 0 Å². The van der Waals surface area contributed by atoms with Crippen LogP contribution in [0.3, 0.4) is 0 Å². The van der Waals surface area contributed by atoms with Gasteiger partial charge in [-0.15, -0.1) is 0 Å². The molecule has 0 radical (unpaired) electrons. The number of anilines is 1. The SMILES string of the molecule is CN(Cc1ccsc1)c1cc(Br)cc(C(=O)O)c1. The number of nitrogens with zero attached hydrogens (tertiary/aromatic N) is 1. The van der Waals surface area contributed by atoms with Crippen LogP contribution in [0.15, 0.2) is 39.5 Å². The highest BCUT2D eigenvalue weighted by Gasteiger charge is 2.09. The minimum absolute atomic E-state index is 0.288. The number of hydrogen-bond donors (Lipinski definition) is 1. The zero-order valence-electron chi connectivity index (χ0n) is 9.76. The van der Waals surface area contributed by atoms with Gasteiger partial charge < -0.3 is 10.0 Å². The average molecular weight is 326 g/mol. The summed E-state index contributed by atoms with van der Waals surface area (Å²) in [6.07, 6.45) is 0. The third-order valence-electron chi connectivity index (χ3n) is 2.57. The van der Waals surface area contributed by atoms with Gasteiger partial charge in [0, 0.05) is 23.8 Å². The fraction of sp³-hybridized carbons (Fsp3) is 0.154. The molecule has 0 amide bonds. The summed E-state index contributed by atoms with van der Waals surface area (Å²) in [7, 11) is 1.95. The summed E-state index contributed by atoms with van der Waals surface area (Å²) in [6, 6.07) is 7.26. The van der Waals surface area contributed by atoms with E-state index in [1.807, 2.05) is 23.4 Å². The van der Waals surface area contributed by atoms with Crippen molar-refractivity contribution in [2.24, 2.45) is 0 Å². The third-order valence-corrected chi connectivity index (χ3v) is 3.76. The van der Waals surface area contributed by atoms with Gasteiger partial charge in [0.25, 0.3) is 0 Å². The third kappa shape index (κ3) is 3.11. The van der Waals surface area contributed by atoms with E-state index in [1.54, 1.807) is 23.5 Å². The normalized spacial score (nSPS) is 10.3. The minimum atomic E-state index is -0.915. The van der Waals surface area contributed by atoms with E-state index in [4.69, 9.17) is 5.11 Å². The van der Waals surface area contributed by atoms with E-state index in [0.717, 1.165) is 16.7 Å². The molecule has 0 unspecified atom stereocenters. The molecule has 2 rings (SSSR count). The Morgan fingerprint density at radius 2 is 2.22 bits per heavy atom. The summed E-state index contributed by atoms with van der Waals surface area (Å²) in [5.41, 5.74) is 2.39. The molecule has 0 saturated carbocycles. The Balaban J connectivity index is 2.24. The Bertz CT molecular complexity index is 554. The number of carbonyl (C=O) groups is 1. The summed E-state index contributed by atoms with van der Waals surface area (Å²) < 4.78 is 0.773.